The molecule has 1 aliphatic carbocycles. The van der Waals surface area contributed by atoms with Gasteiger partial charge in [0.05, 0.1) is 5.69 Å². The minimum absolute atomic E-state index is 0.236. The quantitative estimate of drug-likeness (QED) is 0.707. The zero-order valence-electron chi connectivity index (χ0n) is 7.77. The van der Waals surface area contributed by atoms with E-state index in [1.54, 1.807) is 16.3 Å². The molecule has 0 atom stereocenters. The number of rotatable bonds is 1. The van der Waals surface area contributed by atoms with Gasteiger partial charge in [-0.3, -0.25) is 4.57 Å². The Bertz CT molecular complexity index is 431. The fraction of sp³-hybridized carbons (Fsp3) is 0.667. The van der Waals surface area contributed by atoms with Crippen LogP contribution in [0.3, 0.4) is 0 Å². The van der Waals surface area contributed by atoms with Gasteiger partial charge in [0, 0.05) is 17.5 Å². The highest BCUT2D eigenvalue weighted by atomic mass is 32.2. The largest absolute Gasteiger partial charge is 0.424 e. The molecule has 0 amide bonds. The van der Waals surface area contributed by atoms with Crippen molar-refractivity contribution in [2.75, 3.05) is 5.75 Å². The smallest absolute Gasteiger partial charge is 0.361 e. The van der Waals surface area contributed by atoms with E-state index in [-0.39, 0.29) is 5.69 Å². The molecule has 0 saturated heterocycles. The predicted molar refractivity (Wildman–Crippen MR) is 54.0 cm³/mol. The molecular weight excluding hydrogens is 200 g/mol. The molecule has 1 aromatic heterocycles. The lowest BCUT2D eigenvalue weighted by Gasteiger charge is -2.12. The van der Waals surface area contributed by atoms with Gasteiger partial charge in [-0.2, -0.15) is 11.8 Å². The van der Waals surface area contributed by atoms with Crippen LogP contribution in [0.25, 0.3) is 0 Å². The molecule has 2 aliphatic rings. The van der Waals surface area contributed by atoms with E-state index in [2.05, 4.69) is 0 Å². The average Bonchev–Trinajstić information content (AvgIpc) is 2.99. The minimum Gasteiger partial charge on any atom is -0.424 e. The van der Waals surface area contributed by atoms with Crippen molar-refractivity contribution in [2.24, 2.45) is 0 Å². The van der Waals surface area contributed by atoms with Crippen LogP contribution in [0.1, 0.15) is 30.3 Å². The number of fused-ring (bicyclic) bond motifs is 1. The Kier molecular flexibility index (Phi) is 1.71. The molecule has 1 N–H and O–H groups in total. The average molecular weight is 212 g/mol. The van der Waals surface area contributed by atoms with Crippen LogP contribution in [0.4, 0.5) is 0 Å². The standard InChI is InChI=1S/C9H12N2O2S/c12-9-10(6-1-2-6)7-3-4-14-5-8(7)11(9)13/h6,13H,1-5H2. The molecule has 0 spiro atoms. The topological polar surface area (TPSA) is 47.2 Å². The molecule has 4 nitrogen and oxygen atoms in total. The zero-order valence-corrected chi connectivity index (χ0v) is 8.59. The van der Waals surface area contributed by atoms with Gasteiger partial charge in [-0.1, -0.05) is 0 Å². The number of hydrogen-bond donors (Lipinski definition) is 1. The fourth-order valence-corrected chi connectivity index (χ4v) is 3.01. The van der Waals surface area contributed by atoms with Crippen molar-refractivity contribution in [1.82, 2.24) is 9.30 Å². The molecule has 5 heteroatoms. The van der Waals surface area contributed by atoms with E-state index in [1.807, 2.05) is 0 Å². The highest BCUT2D eigenvalue weighted by Gasteiger charge is 2.32. The molecule has 76 valence electrons. The SMILES string of the molecule is O=c1n(O)c2c(n1C1CC1)CCSC2. The lowest BCUT2D eigenvalue weighted by Crippen LogP contribution is -2.23. The molecule has 0 radical (unpaired) electrons. The Morgan fingerprint density at radius 1 is 1.36 bits per heavy atom. The Hall–Kier alpha value is -0.840. The van der Waals surface area contributed by atoms with Gasteiger partial charge in [-0.15, -0.1) is 4.73 Å². The molecule has 1 aliphatic heterocycles. The molecule has 3 rings (SSSR count). The van der Waals surface area contributed by atoms with E-state index in [0.717, 1.165) is 46.9 Å². The first-order chi connectivity index (χ1) is 6.79. The Morgan fingerprint density at radius 3 is 2.86 bits per heavy atom. The van der Waals surface area contributed by atoms with Crippen LogP contribution >= 0.6 is 11.8 Å². The predicted octanol–water partition coefficient (Wildman–Crippen LogP) is 1.01. The first-order valence-electron chi connectivity index (χ1n) is 4.91. The van der Waals surface area contributed by atoms with Crippen molar-refractivity contribution in [3.05, 3.63) is 21.9 Å². The monoisotopic (exact) mass is 212 g/mol. The van der Waals surface area contributed by atoms with Crippen molar-refractivity contribution in [3.8, 4) is 0 Å². The summed E-state index contributed by atoms with van der Waals surface area (Å²) in [5, 5.41) is 9.61. The Morgan fingerprint density at radius 2 is 2.14 bits per heavy atom. The van der Waals surface area contributed by atoms with E-state index in [1.165, 1.54) is 0 Å². The number of imidazole rings is 1. The second-order valence-electron chi connectivity index (χ2n) is 3.89. The summed E-state index contributed by atoms with van der Waals surface area (Å²) in [6, 6.07) is 0.368. The number of nitrogens with zero attached hydrogens (tertiary/aromatic N) is 2. The summed E-state index contributed by atoms with van der Waals surface area (Å²) in [5.41, 5.74) is 1.65. The van der Waals surface area contributed by atoms with Gasteiger partial charge in [0.15, 0.2) is 0 Å². The van der Waals surface area contributed by atoms with Crippen molar-refractivity contribution in [2.45, 2.75) is 31.1 Å². The highest BCUT2D eigenvalue weighted by Crippen LogP contribution is 2.37. The number of aromatic nitrogens is 2. The van der Waals surface area contributed by atoms with Crippen LogP contribution in [-0.2, 0) is 12.2 Å². The maximum absolute atomic E-state index is 11.7. The number of hydrogen-bond acceptors (Lipinski definition) is 3. The van der Waals surface area contributed by atoms with E-state index in [4.69, 9.17) is 0 Å². The fourth-order valence-electron chi connectivity index (χ4n) is 2.05. The molecule has 1 aromatic rings. The maximum Gasteiger partial charge on any atom is 0.361 e. The highest BCUT2D eigenvalue weighted by molar-refractivity contribution is 7.98. The summed E-state index contributed by atoms with van der Waals surface area (Å²) in [4.78, 5) is 11.7. The summed E-state index contributed by atoms with van der Waals surface area (Å²) >= 11 is 1.77. The van der Waals surface area contributed by atoms with E-state index < -0.39 is 0 Å². The van der Waals surface area contributed by atoms with Crippen molar-refractivity contribution >= 4 is 11.8 Å². The first kappa shape index (κ1) is 8.47. The van der Waals surface area contributed by atoms with Crippen molar-refractivity contribution in [3.63, 3.8) is 0 Å². The summed E-state index contributed by atoms with van der Waals surface area (Å²) in [5.74, 6) is 1.82. The van der Waals surface area contributed by atoms with Gasteiger partial charge >= 0.3 is 5.69 Å². The van der Waals surface area contributed by atoms with Crippen LogP contribution in [-0.4, -0.2) is 20.3 Å². The first-order valence-corrected chi connectivity index (χ1v) is 6.06. The Labute approximate surface area is 85.5 Å². The Balaban J connectivity index is 2.22. The minimum atomic E-state index is -0.236. The summed E-state index contributed by atoms with van der Waals surface area (Å²) in [7, 11) is 0. The number of thioether (sulfide) groups is 1. The van der Waals surface area contributed by atoms with Gasteiger partial charge in [0.2, 0.25) is 0 Å². The summed E-state index contributed by atoms with van der Waals surface area (Å²) in [6.07, 6.45) is 3.09. The second kappa shape index (κ2) is 2.82. The molecule has 2 heterocycles. The van der Waals surface area contributed by atoms with Crippen molar-refractivity contribution < 1.29 is 5.21 Å². The van der Waals surface area contributed by atoms with Crippen LogP contribution in [0, 0.1) is 0 Å². The van der Waals surface area contributed by atoms with Gasteiger partial charge < -0.3 is 5.21 Å². The third-order valence-electron chi connectivity index (χ3n) is 2.90. The zero-order chi connectivity index (χ0) is 9.71. The molecule has 1 saturated carbocycles. The van der Waals surface area contributed by atoms with Gasteiger partial charge in [0.1, 0.15) is 0 Å². The summed E-state index contributed by atoms with van der Waals surface area (Å²) < 4.78 is 2.65. The van der Waals surface area contributed by atoms with Crippen LogP contribution in [0.5, 0.6) is 0 Å². The molecular formula is C9H12N2O2S. The van der Waals surface area contributed by atoms with Crippen LogP contribution in [0.15, 0.2) is 4.79 Å². The molecule has 1 fully saturated rings. The lowest BCUT2D eigenvalue weighted by atomic mass is 10.2. The van der Waals surface area contributed by atoms with E-state index >= 15 is 0 Å². The molecule has 14 heavy (non-hydrogen) atoms. The van der Waals surface area contributed by atoms with Crippen LogP contribution < -0.4 is 5.69 Å². The van der Waals surface area contributed by atoms with Gasteiger partial charge in [0.25, 0.3) is 0 Å². The normalized spacial score (nSPS) is 20.9. The van der Waals surface area contributed by atoms with E-state index in [0.29, 0.717) is 6.04 Å². The lowest BCUT2D eigenvalue weighted by molar-refractivity contribution is 0.166. The maximum atomic E-state index is 11.7. The third kappa shape index (κ3) is 1.05. The van der Waals surface area contributed by atoms with Crippen molar-refractivity contribution in [1.29, 1.82) is 0 Å². The molecule has 0 unspecified atom stereocenters. The van der Waals surface area contributed by atoms with Gasteiger partial charge in [-0.05, 0) is 25.0 Å². The van der Waals surface area contributed by atoms with Gasteiger partial charge in [-0.25, -0.2) is 4.79 Å². The molecule has 0 aromatic carbocycles. The van der Waals surface area contributed by atoms with Crippen LogP contribution in [0.2, 0.25) is 0 Å². The molecule has 0 bridgehead atoms. The second-order valence-corrected chi connectivity index (χ2v) is 5.00. The summed E-state index contributed by atoms with van der Waals surface area (Å²) in [6.45, 7) is 0. The van der Waals surface area contributed by atoms with E-state index in [9.17, 15) is 10.0 Å². The third-order valence-corrected chi connectivity index (χ3v) is 3.87.